The molecule has 1 aromatic carbocycles. The van der Waals surface area contributed by atoms with Crippen molar-refractivity contribution in [3.05, 3.63) is 30.5 Å². The van der Waals surface area contributed by atoms with Gasteiger partial charge < -0.3 is 11.1 Å². The predicted molar refractivity (Wildman–Crippen MR) is 85.8 cm³/mol. The van der Waals surface area contributed by atoms with Crippen LogP contribution >= 0.6 is 0 Å². The smallest absolute Gasteiger partial charge is 0.0743 e. The molecule has 3 nitrogen and oxygen atoms in total. The largest absolute Gasteiger partial charge is 0.399 e. The lowest BCUT2D eigenvalue weighted by molar-refractivity contribution is 0.328. The third-order valence-electron chi connectivity index (χ3n) is 4.51. The summed E-state index contributed by atoms with van der Waals surface area (Å²) in [6, 6.07) is 8.52. The number of anilines is 2. The van der Waals surface area contributed by atoms with Crippen molar-refractivity contribution in [2.45, 2.75) is 45.1 Å². The normalized spacial score (nSPS) is 18.1. The summed E-state index contributed by atoms with van der Waals surface area (Å²) < 4.78 is 0. The van der Waals surface area contributed by atoms with Gasteiger partial charge in [-0.15, -0.1) is 0 Å². The van der Waals surface area contributed by atoms with E-state index in [0.717, 1.165) is 22.5 Å². The summed E-state index contributed by atoms with van der Waals surface area (Å²) in [5.74, 6) is 0.792. The van der Waals surface area contributed by atoms with Gasteiger partial charge in [-0.1, -0.05) is 19.3 Å². The number of nitrogens with zero attached hydrogens (tertiary/aromatic N) is 1. The van der Waals surface area contributed by atoms with Crippen molar-refractivity contribution in [1.29, 1.82) is 0 Å². The van der Waals surface area contributed by atoms with Crippen molar-refractivity contribution in [3.63, 3.8) is 0 Å². The van der Waals surface area contributed by atoms with E-state index in [-0.39, 0.29) is 0 Å². The van der Waals surface area contributed by atoms with Crippen LogP contribution in [-0.4, -0.2) is 11.0 Å². The van der Waals surface area contributed by atoms with E-state index in [1.807, 2.05) is 18.3 Å². The first-order valence-corrected chi connectivity index (χ1v) is 7.65. The molecule has 0 amide bonds. The summed E-state index contributed by atoms with van der Waals surface area (Å²) >= 11 is 0. The highest BCUT2D eigenvalue weighted by Crippen LogP contribution is 2.30. The van der Waals surface area contributed by atoms with Crippen LogP contribution in [-0.2, 0) is 0 Å². The van der Waals surface area contributed by atoms with Gasteiger partial charge in [-0.25, -0.2) is 0 Å². The second kappa shape index (κ2) is 5.70. The SMILES string of the molecule is CC(Nc1ccnc2cc(N)ccc12)C1CCCCC1. The Bertz CT molecular complexity index is 588. The van der Waals surface area contributed by atoms with Crippen LogP contribution in [0.15, 0.2) is 30.5 Å². The lowest BCUT2D eigenvalue weighted by Crippen LogP contribution is -2.27. The van der Waals surface area contributed by atoms with Crippen LogP contribution in [0, 0.1) is 5.92 Å². The van der Waals surface area contributed by atoms with Crippen molar-refractivity contribution < 1.29 is 0 Å². The molecule has 2 aromatic rings. The number of nitrogen functional groups attached to an aromatic ring is 1. The Morgan fingerprint density at radius 1 is 1.20 bits per heavy atom. The van der Waals surface area contributed by atoms with Gasteiger partial charge in [0.25, 0.3) is 0 Å². The summed E-state index contributed by atoms with van der Waals surface area (Å²) in [6.45, 7) is 2.31. The van der Waals surface area contributed by atoms with Gasteiger partial charge in [0.05, 0.1) is 5.52 Å². The van der Waals surface area contributed by atoms with E-state index >= 15 is 0 Å². The maximum absolute atomic E-state index is 5.83. The quantitative estimate of drug-likeness (QED) is 0.821. The average Bonchev–Trinajstić information content (AvgIpc) is 2.48. The summed E-state index contributed by atoms with van der Waals surface area (Å²) in [7, 11) is 0. The van der Waals surface area contributed by atoms with Crippen LogP contribution < -0.4 is 11.1 Å². The molecule has 1 saturated carbocycles. The molecule has 1 atom stereocenters. The second-order valence-electron chi connectivity index (χ2n) is 5.97. The maximum Gasteiger partial charge on any atom is 0.0743 e. The fourth-order valence-corrected chi connectivity index (χ4v) is 3.29. The Balaban J connectivity index is 1.83. The van der Waals surface area contributed by atoms with Gasteiger partial charge >= 0.3 is 0 Å². The minimum atomic E-state index is 0.512. The lowest BCUT2D eigenvalue weighted by Gasteiger charge is -2.29. The molecule has 1 fully saturated rings. The number of fused-ring (bicyclic) bond motifs is 1. The number of nitrogens with one attached hydrogen (secondary N) is 1. The van der Waals surface area contributed by atoms with Crippen LogP contribution in [0.3, 0.4) is 0 Å². The molecule has 1 aliphatic rings. The van der Waals surface area contributed by atoms with Crippen LogP contribution in [0.1, 0.15) is 39.0 Å². The Kier molecular flexibility index (Phi) is 3.77. The molecule has 3 heteroatoms. The van der Waals surface area contributed by atoms with Crippen LogP contribution in [0.25, 0.3) is 10.9 Å². The molecular formula is C17H23N3. The minimum Gasteiger partial charge on any atom is -0.399 e. The third-order valence-corrected chi connectivity index (χ3v) is 4.51. The highest BCUT2D eigenvalue weighted by Gasteiger charge is 2.20. The zero-order valence-electron chi connectivity index (χ0n) is 12.1. The number of aromatic nitrogens is 1. The topological polar surface area (TPSA) is 50.9 Å². The van der Waals surface area contributed by atoms with Crippen molar-refractivity contribution in [2.75, 3.05) is 11.1 Å². The molecule has 1 aromatic heterocycles. The van der Waals surface area contributed by atoms with Crippen molar-refractivity contribution in [2.24, 2.45) is 5.92 Å². The second-order valence-corrected chi connectivity index (χ2v) is 5.97. The van der Waals surface area contributed by atoms with E-state index in [2.05, 4.69) is 29.4 Å². The van der Waals surface area contributed by atoms with Gasteiger partial charge in [-0.3, -0.25) is 4.98 Å². The van der Waals surface area contributed by atoms with Gasteiger partial charge in [0.2, 0.25) is 0 Å². The zero-order valence-corrected chi connectivity index (χ0v) is 12.1. The van der Waals surface area contributed by atoms with Crippen molar-refractivity contribution in [1.82, 2.24) is 4.98 Å². The van der Waals surface area contributed by atoms with Crippen molar-refractivity contribution in [3.8, 4) is 0 Å². The lowest BCUT2D eigenvalue weighted by atomic mass is 9.84. The molecule has 3 N–H and O–H groups in total. The van der Waals surface area contributed by atoms with Gasteiger partial charge in [0.1, 0.15) is 0 Å². The molecule has 0 aliphatic heterocycles. The minimum absolute atomic E-state index is 0.512. The summed E-state index contributed by atoms with van der Waals surface area (Å²) in [5, 5.41) is 4.85. The monoisotopic (exact) mass is 269 g/mol. The number of rotatable bonds is 3. The summed E-state index contributed by atoms with van der Waals surface area (Å²) in [5.41, 5.74) is 8.74. The molecular weight excluding hydrogens is 246 g/mol. The van der Waals surface area contributed by atoms with Gasteiger partial charge in [0, 0.05) is 29.0 Å². The van der Waals surface area contributed by atoms with E-state index in [0.29, 0.717) is 6.04 Å². The van der Waals surface area contributed by atoms with Crippen molar-refractivity contribution >= 4 is 22.3 Å². The molecule has 3 rings (SSSR count). The Morgan fingerprint density at radius 3 is 2.80 bits per heavy atom. The first-order valence-electron chi connectivity index (χ1n) is 7.65. The molecule has 1 heterocycles. The molecule has 0 radical (unpaired) electrons. The molecule has 0 spiro atoms. The molecule has 106 valence electrons. The van der Waals surface area contributed by atoms with E-state index in [1.165, 1.54) is 37.8 Å². The fourth-order valence-electron chi connectivity index (χ4n) is 3.29. The Morgan fingerprint density at radius 2 is 2.00 bits per heavy atom. The number of nitrogens with two attached hydrogens (primary N) is 1. The average molecular weight is 269 g/mol. The first kappa shape index (κ1) is 13.2. The highest BCUT2D eigenvalue weighted by atomic mass is 14.9. The predicted octanol–water partition coefficient (Wildman–Crippen LogP) is 4.20. The number of hydrogen-bond donors (Lipinski definition) is 2. The van der Waals surface area contributed by atoms with Crippen LogP contribution in [0.4, 0.5) is 11.4 Å². The van der Waals surface area contributed by atoms with Gasteiger partial charge in [-0.2, -0.15) is 0 Å². The van der Waals surface area contributed by atoms with E-state index in [4.69, 9.17) is 5.73 Å². The number of pyridine rings is 1. The highest BCUT2D eigenvalue weighted by molar-refractivity contribution is 5.92. The summed E-state index contributed by atoms with van der Waals surface area (Å²) in [6.07, 6.45) is 8.72. The van der Waals surface area contributed by atoms with Gasteiger partial charge in [-0.05, 0) is 49.9 Å². The Hall–Kier alpha value is -1.77. The first-order chi connectivity index (χ1) is 9.74. The van der Waals surface area contributed by atoms with E-state index < -0.39 is 0 Å². The van der Waals surface area contributed by atoms with E-state index in [9.17, 15) is 0 Å². The summed E-state index contributed by atoms with van der Waals surface area (Å²) in [4.78, 5) is 4.40. The number of hydrogen-bond acceptors (Lipinski definition) is 3. The molecule has 1 unspecified atom stereocenters. The molecule has 20 heavy (non-hydrogen) atoms. The third kappa shape index (κ3) is 2.72. The molecule has 1 aliphatic carbocycles. The molecule has 0 bridgehead atoms. The van der Waals surface area contributed by atoms with Crippen LogP contribution in [0.5, 0.6) is 0 Å². The number of benzene rings is 1. The fraction of sp³-hybridized carbons (Fsp3) is 0.471. The Labute approximate surface area is 120 Å². The van der Waals surface area contributed by atoms with Gasteiger partial charge in [0.15, 0.2) is 0 Å². The van der Waals surface area contributed by atoms with Crippen LogP contribution in [0.2, 0.25) is 0 Å². The maximum atomic E-state index is 5.83. The standard InChI is InChI=1S/C17H23N3/c1-12(13-5-3-2-4-6-13)20-16-9-10-19-17-11-14(18)7-8-15(16)17/h7-13H,2-6,18H2,1H3,(H,19,20). The molecule has 0 saturated heterocycles. The zero-order chi connectivity index (χ0) is 13.9. The van der Waals surface area contributed by atoms with E-state index in [1.54, 1.807) is 0 Å².